The lowest BCUT2D eigenvalue weighted by molar-refractivity contribution is -0.148. The Morgan fingerprint density at radius 3 is 2.60 bits per heavy atom. The molecule has 0 aromatic heterocycles. The molecule has 2 aromatic carbocycles. The van der Waals surface area contributed by atoms with Crippen molar-refractivity contribution in [3.05, 3.63) is 53.6 Å². The van der Waals surface area contributed by atoms with E-state index in [1.807, 2.05) is 31.2 Å². The van der Waals surface area contributed by atoms with Gasteiger partial charge in [0.2, 0.25) is 5.72 Å². The van der Waals surface area contributed by atoms with Gasteiger partial charge in [0.1, 0.15) is 5.75 Å². The van der Waals surface area contributed by atoms with E-state index in [9.17, 15) is 0 Å². The first-order valence-corrected chi connectivity index (χ1v) is 10.8. The van der Waals surface area contributed by atoms with E-state index in [2.05, 4.69) is 35.2 Å². The van der Waals surface area contributed by atoms with Gasteiger partial charge in [-0.1, -0.05) is 12.1 Å². The summed E-state index contributed by atoms with van der Waals surface area (Å²) in [6.07, 6.45) is 2.68. The van der Waals surface area contributed by atoms with Gasteiger partial charge in [0.15, 0.2) is 11.5 Å². The van der Waals surface area contributed by atoms with Crippen LogP contribution < -0.4 is 14.2 Å². The summed E-state index contributed by atoms with van der Waals surface area (Å²) in [4.78, 5) is 2.36. The number of fused-ring (bicyclic) bond motifs is 4. The number of benzene rings is 2. The summed E-state index contributed by atoms with van der Waals surface area (Å²) in [6, 6.07) is 14.6. The number of hydrazone groups is 1. The van der Waals surface area contributed by atoms with Crippen molar-refractivity contribution in [3.8, 4) is 17.2 Å². The van der Waals surface area contributed by atoms with Crippen LogP contribution >= 0.6 is 0 Å². The number of likely N-dealkylation sites (tertiary alicyclic amines) is 1. The van der Waals surface area contributed by atoms with E-state index in [4.69, 9.17) is 19.3 Å². The predicted octanol–water partition coefficient (Wildman–Crippen LogP) is 4.06. The molecule has 6 heteroatoms. The monoisotopic (exact) mass is 407 g/mol. The second-order valence-corrected chi connectivity index (χ2v) is 8.30. The van der Waals surface area contributed by atoms with Crippen LogP contribution in [0.1, 0.15) is 43.4 Å². The molecule has 0 N–H and O–H groups in total. The molecule has 1 spiro atoms. The minimum Gasteiger partial charge on any atom is -0.494 e. The Bertz CT molecular complexity index is 949. The number of ether oxygens (including phenoxy) is 3. The highest BCUT2D eigenvalue weighted by atomic mass is 16.5. The third-order valence-electron chi connectivity index (χ3n) is 6.48. The van der Waals surface area contributed by atoms with Crippen molar-refractivity contribution in [3.63, 3.8) is 0 Å². The number of hydrogen-bond acceptors (Lipinski definition) is 6. The molecule has 0 amide bonds. The first-order chi connectivity index (χ1) is 14.6. The van der Waals surface area contributed by atoms with Crippen molar-refractivity contribution in [2.24, 2.45) is 5.10 Å². The molecule has 3 aliphatic heterocycles. The molecule has 6 nitrogen and oxygen atoms in total. The van der Waals surface area contributed by atoms with Crippen molar-refractivity contribution in [2.45, 2.75) is 38.0 Å². The Morgan fingerprint density at radius 2 is 1.90 bits per heavy atom. The first kappa shape index (κ1) is 19.2. The van der Waals surface area contributed by atoms with Gasteiger partial charge in [-0.3, -0.25) is 0 Å². The normalized spacial score (nSPS) is 22.2. The topological polar surface area (TPSA) is 46.5 Å². The smallest absolute Gasteiger partial charge is 0.200 e. The number of hydrogen-bond donors (Lipinski definition) is 0. The van der Waals surface area contributed by atoms with E-state index in [1.165, 1.54) is 0 Å². The summed E-state index contributed by atoms with van der Waals surface area (Å²) < 4.78 is 18.0. The van der Waals surface area contributed by atoms with E-state index in [0.717, 1.165) is 66.4 Å². The molecule has 1 atom stereocenters. The molecule has 0 saturated carbocycles. The predicted molar refractivity (Wildman–Crippen MR) is 116 cm³/mol. The lowest BCUT2D eigenvalue weighted by atomic mass is 9.90. The summed E-state index contributed by atoms with van der Waals surface area (Å²) in [5.41, 5.74) is 2.97. The van der Waals surface area contributed by atoms with Crippen molar-refractivity contribution < 1.29 is 14.2 Å². The Hall–Kier alpha value is -2.73. The van der Waals surface area contributed by atoms with E-state index in [-0.39, 0.29) is 6.04 Å². The Kier molecular flexibility index (Phi) is 4.82. The van der Waals surface area contributed by atoms with Gasteiger partial charge >= 0.3 is 0 Å². The molecule has 3 aliphatic rings. The minimum atomic E-state index is -0.425. The fraction of sp³-hybridized carbons (Fsp3) is 0.458. The molecule has 1 unspecified atom stereocenters. The van der Waals surface area contributed by atoms with Gasteiger partial charge in [-0.2, -0.15) is 5.10 Å². The fourth-order valence-corrected chi connectivity index (χ4v) is 4.81. The summed E-state index contributed by atoms with van der Waals surface area (Å²) >= 11 is 0. The summed E-state index contributed by atoms with van der Waals surface area (Å²) in [7, 11) is 3.88. The lowest BCUT2D eigenvalue weighted by Gasteiger charge is -2.50. The maximum Gasteiger partial charge on any atom is 0.200 e. The van der Waals surface area contributed by atoms with Crippen LogP contribution in [0.15, 0.2) is 47.6 Å². The van der Waals surface area contributed by atoms with Crippen LogP contribution in [0.2, 0.25) is 0 Å². The van der Waals surface area contributed by atoms with Crippen molar-refractivity contribution in [1.82, 2.24) is 9.91 Å². The largest absolute Gasteiger partial charge is 0.494 e. The van der Waals surface area contributed by atoms with Gasteiger partial charge in [0.25, 0.3) is 0 Å². The number of para-hydroxylation sites is 1. The van der Waals surface area contributed by atoms with Crippen LogP contribution in [-0.4, -0.2) is 55.2 Å². The molecule has 0 aliphatic carbocycles. The number of methoxy groups -OCH3 is 1. The average Bonchev–Trinajstić information content (AvgIpc) is 3.23. The van der Waals surface area contributed by atoms with Gasteiger partial charge in [0, 0.05) is 37.9 Å². The number of nitrogens with zero attached hydrogens (tertiary/aromatic N) is 3. The molecule has 2 aromatic rings. The zero-order valence-corrected chi connectivity index (χ0v) is 17.9. The number of piperidine rings is 1. The van der Waals surface area contributed by atoms with Crippen LogP contribution in [0.4, 0.5) is 0 Å². The van der Waals surface area contributed by atoms with Crippen LogP contribution in [0.3, 0.4) is 0 Å². The number of rotatable bonds is 4. The maximum atomic E-state index is 6.73. The summed E-state index contributed by atoms with van der Waals surface area (Å²) in [5.74, 6) is 2.58. The molecule has 3 heterocycles. The Morgan fingerprint density at radius 1 is 1.13 bits per heavy atom. The third-order valence-corrected chi connectivity index (χ3v) is 6.48. The van der Waals surface area contributed by atoms with Crippen LogP contribution in [0.25, 0.3) is 0 Å². The van der Waals surface area contributed by atoms with Gasteiger partial charge < -0.3 is 19.1 Å². The second-order valence-electron chi connectivity index (χ2n) is 8.30. The quantitative estimate of drug-likeness (QED) is 0.765. The van der Waals surface area contributed by atoms with Crippen LogP contribution in [0, 0.1) is 0 Å². The standard InChI is InChI=1S/C24H29N3O3/c1-4-29-18-10-8-17(9-11-18)20-16-21-19-6-5-7-22(28-3)23(19)30-24(27(21)25-20)12-14-26(2)15-13-24/h5-11,21H,4,12-16H2,1-3H3. The zero-order valence-electron chi connectivity index (χ0n) is 17.9. The van der Waals surface area contributed by atoms with Crippen LogP contribution in [0.5, 0.6) is 17.2 Å². The van der Waals surface area contributed by atoms with Crippen molar-refractivity contribution >= 4 is 5.71 Å². The molecular weight excluding hydrogens is 378 g/mol. The fourth-order valence-electron chi connectivity index (χ4n) is 4.81. The van der Waals surface area contributed by atoms with Crippen LogP contribution in [-0.2, 0) is 0 Å². The van der Waals surface area contributed by atoms with Gasteiger partial charge in [-0.05, 0) is 49.9 Å². The third kappa shape index (κ3) is 3.10. The second kappa shape index (κ2) is 7.51. The molecule has 30 heavy (non-hydrogen) atoms. The SMILES string of the molecule is CCOc1ccc(C2=NN3C(C2)c2cccc(OC)c2OC32CCN(C)CC2)cc1. The highest BCUT2D eigenvalue weighted by Gasteiger charge is 2.52. The summed E-state index contributed by atoms with van der Waals surface area (Å²) in [5, 5.41) is 7.38. The van der Waals surface area contributed by atoms with Gasteiger partial charge in [-0.15, -0.1) is 0 Å². The molecular formula is C24H29N3O3. The molecule has 158 valence electrons. The van der Waals surface area contributed by atoms with E-state index < -0.39 is 5.72 Å². The highest BCUT2D eigenvalue weighted by molar-refractivity contribution is 6.02. The molecule has 1 fully saturated rings. The Balaban J connectivity index is 1.54. The highest BCUT2D eigenvalue weighted by Crippen LogP contribution is 2.52. The van der Waals surface area contributed by atoms with Crippen molar-refractivity contribution in [2.75, 3.05) is 33.9 Å². The molecule has 5 rings (SSSR count). The van der Waals surface area contributed by atoms with Gasteiger partial charge in [0.05, 0.1) is 25.5 Å². The van der Waals surface area contributed by atoms with E-state index >= 15 is 0 Å². The van der Waals surface area contributed by atoms with Gasteiger partial charge in [-0.25, -0.2) is 5.01 Å². The lowest BCUT2D eigenvalue weighted by Crippen LogP contribution is -2.58. The molecule has 1 saturated heterocycles. The maximum absolute atomic E-state index is 6.73. The Labute approximate surface area is 178 Å². The van der Waals surface area contributed by atoms with E-state index in [1.54, 1.807) is 7.11 Å². The zero-order chi connectivity index (χ0) is 20.7. The molecule has 0 bridgehead atoms. The minimum absolute atomic E-state index is 0.161. The first-order valence-electron chi connectivity index (χ1n) is 10.8. The van der Waals surface area contributed by atoms with Crippen molar-refractivity contribution in [1.29, 1.82) is 0 Å². The average molecular weight is 408 g/mol. The molecule has 0 radical (unpaired) electrons. The van der Waals surface area contributed by atoms with E-state index in [0.29, 0.717) is 6.61 Å². The summed E-state index contributed by atoms with van der Waals surface area (Å²) in [6.45, 7) is 4.64.